The molecule has 3 heterocycles. The van der Waals surface area contributed by atoms with Gasteiger partial charge in [-0.05, 0) is 43.5 Å². The van der Waals surface area contributed by atoms with Crippen molar-refractivity contribution in [3.63, 3.8) is 0 Å². The Morgan fingerprint density at radius 2 is 1.85 bits per heavy atom. The van der Waals surface area contributed by atoms with Gasteiger partial charge < -0.3 is 19.8 Å². The molecule has 0 radical (unpaired) electrons. The van der Waals surface area contributed by atoms with E-state index in [9.17, 15) is 31.2 Å². The predicted molar refractivity (Wildman–Crippen MR) is 160 cm³/mol. The predicted octanol–water partition coefficient (Wildman–Crippen LogP) is 3.84. The van der Waals surface area contributed by atoms with Crippen LogP contribution in [0.3, 0.4) is 0 Å². The minimum Gasteiger partial charge on any atom is -0.470 e. The molecular formula is C31H28F3N5O6S. The van der Waals surface area contributed by atoms with Crippen molar-refractivity contribution < 1.29 is 40.3 Å². The summed E-state index contributed by atoms with van der Waals surface area (Å²) in [6, 6.07) is 10.8. The number of fused-ring (bicyclic) bond motifs is 3. The summed E-state index contributed by atoms with van der Waals surface area (Å²) in [7, 11) is -3.81. The number of benzene rings is 2. The van der Waals surface area contributed by atoms with E-state index in [1.54, 1.807) is 24.3 Å². The number of sulfonamides is 1. The van der Waals surface area contributed by atoms with Gasteiger partial charge in [0.25, 0.3) is 11.8 Å². The maximum absolute atomic E-state index is 13.3. The van der Waals surface area contributed by atoms with Crippen LogP contribution in [0.25, 0.3) is 33.5 Å². The van der Waals surface area contributed by atoms with Gasteiger partial charge >= 0.3 is 6.18 Å². The van der Waals surface area contributed by atoms with Crippen LogP contribution in [0.1, 0.15) is 31.2 Å². The van der Waals surface area contributed by atoms with E-state index in [1.165, 1.54) is 18.2 Å². The number of nitrogens with zero attached hydrogens (tertiary/aromatic N) is 2. The highest BCUT2D eigenvalue weighted by Crippen LogP contribution is 2.45. The summed E-state index contributed by atoms with van der Waals surface area (Å²) >= 11 is 0. The number of ether oxygens (including phenoxy) is 1. The van der Waals surface area contributed by atoms with Gasteiger partial charge in [0.15, 0.2) is 5.82 Å². The SMILES string of the molecule is C=C[C@@H]1C[C@]1(NC(=O)[C@@H]1C[C@@H](Oc2nc(-c3ccc(C(F)(F)F)cc3)nc3c2oc2ccccc23)CN1)C(=O)NS(=O)(=O)C1CC1. The zero-order valence-electron chi connectivity index (χ0n) is 24.1. The van der Waals surface area contributed by atoms with Gasteiger partial charge in [0.1, 0.15) is 22.7 Å². The van der Waals surface area contributed by atoms with E-state index in [4.69, 9.17) is 9.15 Å². The largest absolute Gasteiger partial charge is 0.470 e. The van der Waals surface area contributed by atoms with Gasteiger partial charge in [0.05, 0.1) is 16.9 Å². The Balaban J connectivity index is 1.11. The normalized spacial score (nSPS) is 24.5. The number of aromatic nitrogens is 2. The molecule has 4 aromatic rings. The summed E-state index contributed by atoms with van der Waals surface area (Å²) in [6.07, 6.45) is -2.21. The smallest absolute Gasteiger partial charge is 0.416 e. The molecule has 2 aliphatic carbocycles. The van der Waals surface area contributed by atoms with Crippen molar-refractivity contribution in [2.24, 2.45) is 5.92 Å². The summed E-state index contributed by atoms with van der Waals surface area (Å²) in [6.45, 7) is 3.93. The Bertz CT molecular complexity index is 1990. The van der Waals surface area contributed by atoms with Gasteiger partial charge in [0.2, 0.25) is 21.5 Å². The first kappa shape index (κ1) is 30.2. The number of hydrogen-bond donors (Lipinski definition) is 3. The van der Waals surface area contributed by atoms with E-state index >= 15 is 0 Å². The second-order valence-electron chi connectivity index (χ2n) is 11.8. The zero-order valence-corrected chi connectivity index (χ0v) is 25.0. The average Bonchev–Trinajstić information content (AvgIpc) is 3.92. The van der Waals surface area contributed by atoms with Gasteiger partial charge in [-0.2, -0.15) is 18.2 Å². The highest BCUT2D eigenvalue weighted by atomic mass is 32.2. The topological polar surface area (TPSA) is 153 Å². The molecule has 4 atom stereocenters. The molecule has 11 nitrogen and oxygen atoms in total. The maximum atomic E-state index is 13.3. The summed E-state index contributed by atoms with van der Waals surface area (Å²) in [5, 5.41) is 5.88. The number of hydrogen-bond acceptors (Lipinski definition) is 9. The molecule has 15 heteroatoms. The summed E-state index contributed by atoms with van der Waals surface area (Å²) < 4.78 is 78.6. The van der Waals surface area contributed by atoms with Crippen molar-refractivity contribution in [1.82, 2.24) is 25.3 Å². The van der Waals surface area contributed by atoms with Crippen LogP contribution in [-0.2, 0) is 25.8 Å². The number of rotatable bonds is 9. The fourth-order valence-corrected chi connectivity index (χ4v) is 7.12. The molecule has 0 bridgehead atoms. The van der Waals surface area contributed by atoms with Crippen LogP contribution in [0, 0.1) is 5.92 Å². The molecular weight excluding hydrogens is 627 g/mol. The van der Waals surface area contributed by atoms with Crippen molar-refractivity contribution in [3.8, 4) is 17.3 Å². The lowest BCUT2D eigenvalue weighted by Gasteiger charge is -2.21. The number of furan rings is 1. The highest BCUT2D eigenvalue weighted by molar-refractivity contribution is 7.91. The van der Waals surface area contributed by atoms with E-state index in [1.807, 2.05) is 0 Å². The minimum absolute atomic E-state index is 0.0546. The molecule has 46 heavy (non-hydrogen) atoms. The first-order chi connectivity index (χ1) is 21.9. The first-order valence-corrected chi connectivity index (χ1v) is 16.2. The molecule has 3 N–H and O–H groups in total. The number of amides is 2. The van der Waals surface area contributed by atoms with E-state index in [0.29, 0.717) is 34.9 Å². The van der Waals surface area contributed by atoms with Crippen LogP contribution in [0.5, 0.6) is 5.88 Å². The molecule has 0 spiro atoms. The Kier molecular flexibility index (Phi) is 7.08. The molecule has 1 saturated heterocycles. The van der Waals surface area contributed by atoms with E-state index in [0.717, 1.165) is 12.1 Å². The van der Waals surface area contributed by atoms with Crippen molar-refractivity contribution >= 4 is 43.9 Å². The molecule has 2 aromatic heterocycles. The van der Waals surface area contributed by atoms with Crippen LogP contribution in [0.15, 0.2) is 65.6 Å². The number of carbonyl (C=O) groups excluding carboxylic acids is 2. The van der Waals surface area contributed by atoms with Gasteiger partial charge in [-0.25, -0.2) is 13.4 Å². The first-order valence-electron chi connectivity index (χ1n) is 14.7. The Morgan fingerprint density at radius 1 is 1.11 bits per heavy atom. The van der Waals surface area contributed by atoms with Crippen LogP contribution < -0.4 is 20.1 Å². The van der Waals surface area contributed by atoms with E-state index in [2.05, 4.69) is 31.9 Å². The summed E-state index contributed by atoms with van der Waals surface area (Å²) in [5.41, 5.74) is -0.723. The van der Waals surface area contributed by atoms with Crippen molar-refractivity contribution in [2.45, 2.75) is 54.8 Å². The molecule has 2 amide bonds. The molecule has 3 aliphatic rings. The van der Waals surface area contributed by atoms with Crippen LogP contribution in [-0.4, -0.2) is 59.7 Å². The fraction of sp³-hybridized carbons (Fsp3) is 0.355. The maximum Gasteiger partial charge on any atom is 0.416 e. The average molecular weight is 656 g/mol. The number of alkyl halides is 3. The molecule has 1 aliphatic heterocycles. The monoisotopic (exact) mass is 655 g/mol. The Labute approximate surface area is 260 Å². The van der Waals surface area contributed by atoms with E-state index < -0.39 is 62.4 Å². The summed E-state index contributed by atoms with van der Waals surface area (Å²) in [5.74, 6) is -1.53. The van der Waals surface area contributed by atoms with Gasteiger partial charge in [-0.15, -0.1) is 6.58 Å². The lowest BCUT2D eigenvalue weighted by molar-refractivity contribution is -0.137. The second kappa shape index (κ2) is 10.8. The van der Waals surface area contributed by atoms with Crippen molar-refractivity contribution in [1.29, 1.82) is 0 Å². The van der Waals surface area contributed by atoms with Gasteiger partial charge in [-0.1, -0.05) is 30.3 Å². The summed E-state index contributed by atoms with van der Waals surface area (Å²) in [4.78, 5) is 35.5. The van der Waals surface area contributed by atoms with Gasteiger partial charge in [-0.3, -0.25) is 14.3 Å². The van der Waals surface area contributed by atoms with E-state index in [-0.39, 0.29) is 36.7 Å². The third-order valence-corrected chi connectivity index (χ3v) is 10.4. The molecule has 0 unspecified atom stereocenters. The second-order valence-corrected chi connectivity index (χ2v) is 13.8. The third kappa shape index (κ3) is 5.47. The van der Waals surface area contributed by atoms with Crippen molar-refractivity contribution in [2.75, 3.05) is 6.54 Å². The number of para-hydroxylation sites is 1. The fourth-order valence-electron chi connectivity index (χ4n) is 5.76. The number of carbonyl (C=O) groups is 2. The highest BCUT2D eigenvalue weighted by Gasteiger charge is 2.61. The standard InChI is InChI=1S/C31H28F3N5O6S/c1-2-17-14-30(17,29(41)39-46(42,43)20-11-12-20)38-27(40)22-13-19(15-35-22)44-28-25-24(21-5-3-4-6-23(21)45-25)36-26(37-28)16-7-9-18(10-8-16)31(32,33)34/h2-10,17,19-20,22,35H,1,11-15H2,(H,38,40)(H,39,41)/t17-,19-,22+,30-/m1/s1. The number of nitrogens with one attached hydrogen (secondary N) is 3. The van der Waals surface area contributed by atoms with Crippen LogP contribution >= 0.6 is 0 Å². The minimum atomic E-state index is -4.50. The molecule has 2 aromatic carbocycles. The lowest BCUT2D eigenvalue weighted by atomic mass is 10.1. The quantitative estimate of drug-likeness (QED) is 0.229. The van der Waals surface area contributed by atoms with Crippen molar-refractivity contribution in [3.05, 3.63) is 66.7 Å². The van der Waals surface area contributed by atoms with Gasteiger partial charge in [0, 0.05) is 29.8 Å². The van der Waals surface area contributed by atoms with Crippen LogP contribution in [0.4, 0.5) is 13.2 Å². The molecule has 3 fully saturated rings. The molecule has 240 valence electrons. The molecule has 7 rings (SSSR count). The Hall–Kier alpha value is -4.50. The zero-order chi connectivity index (χ0) is 32.4. The number of halogens is 3. The molecule has 2 saturated carbocycles. The lowest BCUT2D eigenvalue weighted by Crippen LogP contribution is -2.55. The third-order valence-electron chi connectivity index (χ3n) is 8.59. The van der Waals surface area contributed by atoms with Crippen LogP contribution in [0.2, 0.25) is 0 Å². The Morgan fingerprint density at radius 3 is 2.52 bits per heavy atom.